The Balaban J connectivity index is 1.54. The van der Waals surface area contributed by atoms with E-state index in [1.165, 1.54) is 22.3 Å². The van der Waals surface area contributed by atoms with Crippen LogP contribution in [-0.2, 0) is 13.2 Å². The van der Waals surface area contributed by atoms with Gasteiger partial charge in [0.2, 0.25) is 0 Å². The Morgan fingerprint density at radius 2 is 1.69 bits per heavy atom. The van der Waals surface area contributed by atoms with Crippen LogP contribution in [0.1, 0.15) is 47.8 Å². The van der Waals surface area contributed by atoms with Crippen molar-refractivity contribution in [2.45, 2.75) is 53.7 Å². The third-order valence-corrected chi connectivity index (χ3v) is 5.94. The molecule has 4 nitrogen and oxygen atoms in total. The van der Waals surface area contributed by atoms with Gasteiger partial charge in [-0.1, -0.05) is 44.2 Å². The highest BCUT2D eigenvalue weighted by atomic mass is 16.5. The van der Waals surface area contributed by atoms with Crippen molar-refractivity contribution in [3.63, 3.8) is 0 Å². The molecule has 0 unspecified atom stereocenters. The van der Waals surface area contributed by atoms with Gasteiger partial charge >= 0.3 is 0 Å². The summed E-state index contributed by atoms with van der Waals surface area (Å²) in [5, 5.41) is 0. The van der Waals surface area contributed by atoms with Crippen LogP contribution in [0.15, 0.2) is 60.7 Å². The predicted molar refractivity (Wildman–Crippen MR) is 131 cm³/mol. The van der Waals surface area contributed by atoms with Crippen LogP contribution in [0.5, 0.6) is 11.5 Å². The van der Waals surface area contributed by atoms with Crippen molar-refractivity contribution >= 4 is 11.0 Å². The molecule has 0 amide bonds. The van der Waals surface area contributed by atoms with Gasteiger partial charge in [-0.25, -0.2) is 4.98 Å². The molecular formula is C28H32N2O2. The standard InChI is InChI=1S/C28H32N2O2/c1-19(2)24-13-10-20(3)16-27(24)32-18-28-29-25-8-6-7-9-26(25)30(28)14-15-31-23-12-11-21(4)22(5)17-23/h6-13,16-17,19H,14-15,18H2,1-5H3. The van der Waals surface area contributed by atoms with Crippen molar-refractivity contribution < 1.29 is 9.47 Å². The number of aromatic nitrogens is 2. The van der Waals surface area contributed by atoms with Crippen LogP contribution in [0.3, 0.4) is 0 Å². The van der Waals surface area contributed by atoms with E-state index in [1.807, 2.05) is 24.3 Å². The highest BCUT2D eigenvalue weighted by Crippen LogP contribution is 2.28. The molecule has 32 heavy (non-hydrogen) atoms. The minimum atomic E-state index is 0.399. The van der Waals surface area contributed by atoms with Crippen molar-refractivity contribution in [3.8, 4) is 11.5 Å². The normalized spacial score (nSPS) is 11.3. The van der Waals surface area contributed by atoms with Gasteiger partial charge in [0, 0.05) is 0 Å². The molecule has 0 saturated carbocycles. The second-order valence-electron chi connectivity index (χ2n) is 8.75. The molecular weight excluding hydrogens is 396 g/mol. The molecule has 4 rings (SSSR count). The molecule has 0 N–H and O–H groups in total. The Hall–Kier alpha value is -3.27. The largest absolute Gasteiger partial charge is 0.492 e. The van der Waals surface area contributed by atoms with E-state index < -0.39 is 0 Å². The van der Waals surface area contributed by atoms with E-state index in [2.05, 4.69) is 75.6 Å². The van der Waals surface area contributed by atoms with E-state index in [0.717, 1.165) is 28.4 Å². The molecule has 0 aliphatic carbocycles. The molecule has 0 spiro atoms. The van der Waals surface area contributed by atoms with E-state index >= 15 is 0 Å². The summed E-state index contributed by atoms with van der Waals surface area (Å²) in [7, 11) is 0. The Bertz CT molecular complexity index is 1220. The van der Waals surface area contributed by atoms with Gasteiger partial charge in [0.25, 0.3) is 0 Å². The quantitative estimate of drug-likeness (QED) is 0.312. The average molecular weight is 429 g/mol. The lowest BCUT2D eigenvalue weighted by Gasteiger charge is -2.16. The molecule has 0 aliphatic heterocycles. The lowest BCUT2D eigenvalue weighted by molar-refractivity contribution is 0.270. The first kappa shape index (κ1) is 21.9. The van der Waals surface area contributed by atoms with E-state index in [9.17, 15) is 0 Å². The van der Waals surface area contributed by atoms with Gasteiger partial charge in [-0.2, -0.15) is 0 Å². The van der Waals surface area contributed by atoms with Gasteiger partial charge in [-0.3, -0.25) is 0 Å². The number of aryl methyl sites for hydroxylation is 3. The maximum Gasteiger partial charge on any atom is 0.148 e. The molecule has 0 saturated heterocycles. The molecule has 166 valence electrons. The van der Waals surface area contributed by atoms with Crippen molar-refractivity contribution in [2.24, 2.45) is 0 Å². The summed E-state index contributed by atoms with van der Waals surface area (Å²) in [6.45, 7) is 12.4. The number of ether oxygens (including phenoxy) is 2. The van der Waals surface area contributed by atoms with E-state index in [0.29, 0.717) is 25.7 Å². The summed E-state index contributed by atoms with van der Waals surface area (Å²) in [6.07, 6.45) is 0. The molecule has 1 heterocycles. The van der Waals surface area contributed by atoms with Gasteiger partial charge in [0.05, 0.1) is 17.6 Å². The molecule has 1 aromatic heterocycles. The van der Waals surface area contributed by atoms with Crippen molar-refractivity contribution in [1.29, 1.82) is 0 Å². The lowest BCUT2D eigenvalue weighted by Crippen LogP contribution is -2.13. The Morgan fingerprint density at radius 1 is 0.875 bits per heavy atom. The van der Waals surface area contributed by atoms with E-state index in [-0.39, 0.29) is 0 Å². The number of hydrogen-bond donors (Lipinski definition) is 0. The molecule has 4 heteroatoms. The number of imidazole rings is 1. The smallest absolute Gasteiger partial charge is 0.148 e. The van der Waals surface area contributed by atoms with Gasteiger partial charge in [-0.15, -0.1) is 0 Å². The molecule has 0 aliphatic rings. The molecule has 0 atom stereocenters. The van der Waals surface area contributed by atoms with Crippen LogP contribution >= 0.6 is 0 Å². The third-order valence-electron chi connectivity index (χ3n) is 5.94. The van der Waals surface area contributed by atoms with Gasteiger partial charge in [0.1, 0.15) is 30.5 Å². The summed E-state index contributed by atoms with van der Waals surface area (Å²) in [5.74, 6) is 3.14. The fraction of sp³-hybridized carbons (Fsp3) is 0.321. The summed E-state index contributed by atoms with van der Waals surface area (Å²) in [5.41, 5.74) is 7.00. The highest BCUT2D eigenvalue weighted by Gasteiger charge is 2.14. The maximum absolute atomic E-state index is 6.30. The van der Waals surface area contributed by atoms with Crippen LogP contribution in [0.25, 0.3) is 11.0 Å². The van der Waals surface area contributed by atoms with Crippen molar-refractivity contribution in [2.75, 3.05) is 6.61 Å². The number of nitrogens with zero attached hydrogens (tertiary/aromatic N) is 2. The summed E-state index contributed by atoms with van der Waals surface area (Å²) < 4.78 is 14.6. The number of benzene rings is 3. The van der Waals surface area contributed by atoms with Crippen LogP contribution in [-0.4, -0.2) is 16.2 Å². The van der Waals surface area contributed by atoms with Crippen LogP contribution < -0.4 is 9.47 Å². The van der Waals surface area contributed by atoms with Crippen LogP contribution in [0.2, 0.25) is 0 Å². The number of hydrogen-bond acceptors (Lipinski definition) is 3. The Morgan fingerprint density at radius 3 is 2.47 bits per heavy atom. The first-order chi connectivity index (χ1) is 15.4. The first-order valence-electron chi connectivity index (χ1n) is 11.3. The fourth-order valence-corrected chi connectivity index (χ4v) is 3.93. The van der Waals surface area contributed by atoms with Crippen molar-refractivity contribution in [1.82, 2.24) is 9.55 Å². The molecule has 0 radical (unpaired) electrons. The average Bonchev–Trinajstić information content (AvgIpc) is 3.12. The topological polar surface area (TPSA) is 36.3 Å². The predicted octanol–water partition coefficient (Wildman–Crippen LogP) is 6.74. The lowest BCUT2D eigenvalue weighted by atomic mass is 10.0. The van der Waals surface area contributed by atoms with Gasteiger partial charge < -0.3 is 14.0 Å². The third kappa shape index (κ3) is 4.80. The van der Waals surface area contributed by atoms with E-state index in [1.54, 1.807) is 0 Å². The van der Waals surface area contributed by atoms with Gasteiger partial charge in [0.15, 0.2) is 0 Å². The number of rotatable bonds is 8. The molecule has 3 aromatic carbocycles. The minimum Gasteiger partial charge on any atom is -0.492 e. The molecule has 4 aromatic rings. The Labute approximate surface area is 190 Å². The summed E-state index contributed by atoms with van der Waals surface area (Å²) in [4.78, 5) is 4.86. The minimum absolute atomic E-state index is 0.399. The summed E-state index contributed by atoms with van der Waals surface area (Å²) in [6, 6.07) is 20.9. The number of fused-ring (bicyclic) bond motifs is 1. The highest BCUT2D eigenvalue weighted by molar-refractivity contribution is 5.75. The maximum atomic E-state index is 6.30. The monoisotopic (exact) mass is 428 g/mol. The van der Waals surface area contributed by atoms with Crippen LogP contribution in [0, 0.1) is 20.8 Å². The molecule has 0 fully saturated rings. The Kier molecular flexibility index (Phi) is 6.50. The zero-order valence-corrected chi connectivity index (χ0v) is 19.7. The molecule has 0 bridgehead atoms. The first-order valence-corrected chi connectivity index (χ1v) is 11.3. The second-order valence-corrected chi connectivity index (χ2v) is 8.75. The second kappa shape index (κ2) is 9.47. The zero-order valence-electron chi connectivity index (χ0n) is 19.7. The fourth-order valence-electron chi connectivity index (χ4n) is 3.93. The summed E-state index contributed by atoms with van der Waals surface area (Å²) >= 11 is 0. The van der Waals surface area contributed by atoms with Crippen molar-refractivity contribution in [3.05, 3.63) is 88.7 Å². The van der Waals surface area contributed by atoms with Crippen LogP contribution in [0.4, 0.5) is 0 Å². The SMILES string of the molecule is Cc1ccc(C(C)C)c(OCc2nc3ccccc3n2CCOc2ccc(C)c(C)c2)c1. The van der Waals surface area contributed by atoms with E-state index in [4.69, 9.17) is 14.5 Å². The zero-order chi connectivity index (χ0) is 22.7. The number of para-hydroxylation sites is 2. The van der Waals surface area contributed by atoms with Gasteiger partial charge in [-0.05, 0) is 79.3 Å².